The quantitative estimate of drug-likeness (QED) is 0.648. The van der Waals surface area contributed by atoms with Gasteiger partial charge in [-0.1, -0.05) is 20.8 Å². The van der Waals surface area contributed by atoms with Crippen LogP contribution in [-0.2, 0) is 4.74 Å². The smallest absolute Gasteiger partial charge is 0.327 e. The molecule has 24 heavy (non-hydrogen) atoms. The van der Waals surface area contributed by atoms with E-state index in [0.29, 0.717) is 6.54 Å². The molecule has 2 unspecified atom stereocenters. The van der Waals surface area contributed by atoms with Gasteiger partial charge in [0.15, 0.2) is 0 Å². The first kappa shape index (κ1) is 18.4. The molecule has 2 atom stereocenters. The summed E-state index contributed by atoms with van der Waals surface area (Å²) in [4.78, 5) is 10.5. The Morgan fingerprint density at radius 3 is 2.75 bits per heavy atom. The third kappa shape index (κ3) is 4.14. The van der Waals surface area contributed by atoms with Gasteiger partial charge < -0.3 is 14.8 Å². The van der Waals surface area contributed by atoms with Crippen LogP contribution in [0.5, 0.6) is 5.75 Å². The van der Waals surface area contributed by atoms with Crippen LogP contribution in [0.15, 0.2) is 12.1 Å². The summed E-state index contributed by atoms with van der Waals surface area (Å²) >= 11 is 0. The lowest BCUT2D eigenvalue weighted by atomic mass is 9.78. The maximum atomic E-state index is 14.0. The van der Waals surface area contributed by atoms with Crippen molar-refractivity contribution in [3.05, 3.63) is 28.1 Å². The summed E-state index contributed by atoms with van der Waals surface area (Å²) in [5.41, 5.74) is -0.451. The number of nitrogens with one attached hydrogen (secondary N) is 1. The number of nitrogens with zero attached hydrogens (tertiary/aromatic N) is 1. The highest BCUT2D eigenvalue weighted by molar-refractivity contribution is 5.65. The number of anilines is 1. The van der Waals surface area contributed by atoms with Crippen molar-refractivity contribution in [2.75, 3.05) is 25.6 Å². The predicted octanol–water partition coefficient (Wildman–Crippen LogP) is 4.00. The number of nitro groups is 1. The molecule has 1 N–H and O–H groups in total. The largest absolute Gasteiger partial charge is 0.497 e. The molecule has 1 aromatic rings. The first-order valence-electron chi connectivity index (χ1n) is 8.11. The van der Waals surface area contributed by atoms with E-state index >= 15 is 0 Å². The lowest BCUT2D eigenvalue weighted by Gasteiger charge is -2.40. The van der Waals surface area contributed by atoms with Crippen LogP contribution >= 0.6 is 0 Å². The van der Waals surface area contributed by atoms with E-state index in [4.69, 9.17) is 9.47 Å². The molecule has 1 aromatic carbocycles. The molecule has 7 heteroatoms. The van der Waals surface area contributed by atoms with Crippen molar-refractivity contribution in [3.8, 4) is 5.75 Å². The molecule has 0 aromatic heterocycles. The van der Waals surface area contributed by atoms with Crippen molar-refractivity contribution < 1.29 is 18.8 Å². The molecule has 0 aliphatic carbocycles. The lowest BCUT2D eigenvalue weighted by Crippen LogP contribution is -2.42. The van der Waals surface area contributed by atoms with Gasteiger partial charge in [0.1, 0.15) is 11.4 Å². The third-order valence-corrected chi connectivity index (χ3v) is 4.31. The minimum atomic E-state index is -0.908. The lowest BCUT2D eigenvalue weighted by molar-refractivity contribution is -0.386. The number of ether oxygens (including phenoxy) is 2. The summed E-state index contributed by atoms with van der Waals surface area (Å²) in [6.07, 6.45) is 1.97. The van der Waals surface area contributed by atoms with Gasteiger partial charge in [0, 0.05) is 31.2 Å². The van der Waals surface area contributed by atoms with E-state index in [0.717, 1.165) is 25.5 Å². The third-order valence-electron chi connectivity index (χ3n) is 4.31. The zero-order chi connectivity index (χ0) is 17.9. The molecule has 6 nitrogen and oxygen atoms in total. The van der Waals surface area contributed by atoms with E-state index in [1.165, 1.54) is 13.2 Å². The Morgan fingerprint density at radius 1 is 1.46 bits per heavy atom. The summed E-state index contributed by atoms with van der Waals surface area (Å²) in [7, 11) is 1.40. The molecule has 2 rings (SSSR count). The van der Waals surface area contributed by atoms with Crippen LogP contribution in [0.4, 0.5) is 15.8 Å². The number of methoxy groups -OCH3 is 1. The normalized spacial score (nSPS) is 21.4. The van der Waals surface area contributed by atoms with Crippen LogP contribution in [-0.4, -0.2) is 31.3 Å². The monoisotopic (exact) mass is 340 g/mol. The predicted molar refractivity (Wildman–Crippen MR) is 90.0 cm³/mol. The van der Waals surface area contributed by atoms with E-state index in [2.05, 4.69) is 26.1 Å². The van der Waals surface area contributed by atoms with Gasteiger partial charge in [-0.15, -0.1) is 0 Å². The number of rotatable bonds is 5. The SMILES string of the molecule is COc1cc(F)c([N+](=O)[O-])c(NCC2CCCOC2C(C)(C)C)c1. The number of nitro benzene ring substituents is 1. The molecular formula is C17H25FN2O4. The first-order chi connectivity index (χ1) is 11.2. The minimum Gasteiger partial charge on any atom is -0.497 e. The van der Waals surface area contributed by atoms with E-state index < -0.39 is 16.4 Å². The van der Waals surface area contributed by atoms with Gasteiger partial charge >= 0.3 is 5.69 Å². The van der Waals surface area contributed by atoms with E-state index in [1.54, 1.807) is 0 Å². The Morgan fingerprint density at radius 2 is 2.17 bits per heavy atom. The van der Waals surface area contributed by atoms with Gasteiger partial charge in [0.05, 0.1) is 18.1 Å². The molecular weight excluding hydrogens is 315 g/mol. The topological polar surface area (TPSA) is 73.6 Å². The molecule has 0 saturated carbocycles. The summed E-state index contributed by atoms with van der Waals surface area (Å²) in [5, 5.41) is 14.2. The van der Waals surface area contributed by atoms with Gasteiger partial charge in [0.2, 0.25) is 5.82 Å². The van der Waals surface area contributed by atoms with Crippen molar-refractivity contribution in [2.45, 2.75) is 39.7 Å². The van der Waals surface area contributed by atoms with Gasteiger partial charge in [-0.3, -0.25) is 10.1 Å². The maximum Gasteiger partial charge on any atom is 0.327 e. The van der Waals surface area contributed by atoms with Crippen molar-refractivity contribution in [3.63, 3.8) is 0 Å². The zero-order valence-electron chi connectivity index (χ0n) is 14.6. The van der Waals surface area contributed by atoms with Gasteiger partial charge in [-0.25, -0.2) is 0 Å². The molecule has 0 bridgehead atoms. The van der Waals surface area contributed by atoms with Crippen LogP contribution in [0.25, 0.3) is 0 Å². The van der Waals surface area contributed by atoms with Crippen molar-refractivity contribution in [1.82, 2.24) is 0 Å². The van der Waals surface area contributed by atoms with Gasteiger partial charge in [-0.2, -0.15) is 4.39 Å². The molecule has 1 aliphatic heterocycles. The fourth-order valence-electron chi connectivity index (χ4n) is 3.26. The van der Waals surface area contributed by atoms with Crippen molar-refractivity contribution in [2.24, 2.45) is 11.3 Å². The fourth-order valence-corrected chi connectivity index (χ4v) is 3.26. The fraction of sp³-hybridized carbons (Fsp3) is 0.647. The van der Waals surface area contributed by atoms with Gasteiger partial charge in [0.25, 0.3) is 0 Å². The Balaban J connectivity index is 2.21. The maximum absolute atomic E-state index is 14.0. The van der Waals surface area contributed by atoms with E-state index in [-0.39, 0.29) is 28.9 Å². The van der Waals surface area contributed by atoms with Gasteiger partial charge in [-0.05, 0) is 18.3 Å². The minimum absolute atomic E-state index is 0.0294. The molecule has 134 valence electrons. The van der Waals surface area contributed by atoms with Crippen LogP contribution in [0.2, 0.25) is 0 Å². The standard InChI is InChI=1S/C17H25FN2O4/c1-17(2,3)16-11(6-5-7-24-16)10-19-14-9-12(23-4)8-13(18)15(14)20(21)22/h8-9,11,16,19H,5-7,10H2,1-4H3. The average molecular weight is 340 g/mol. The first-order valence-corrected chi connectivity index (χ1v) is 8.11. The molecule has 1 aliphatic rings. The summed E-state index contributed by atoms with van der Waals surface area (Å²) in [6.45, 7) is 7.55. The highest BCUT2D eigenvalue weighted by Gasteiger charge is 2.35. The Labute approximate surface area is 141 Å². The average Bonchev–Trinajstić information content (AvgIpc) is 2.51. The van der Waals surface area contributed by atoms with E-state index in [9.17, 15) is 14.5 Å². The molecule has 0 amide bonds. The van der Waals surface area contributed by atoms with Crippen LogP contribution in [0, 0.1) is 27.3 Å². The second-order valence-corrected chi connectivity index (χ2v) is 7.20. The van der Waals surface area contributed by atoms with Crippen LogP contribution in [0.1, 0.15) is 33.6 Å². The number of hydrogen-bond donors (Lipinski definition) is 1. The molecule has 0 radical (unpaired) electrons. The van der Waals surface area contributed by atoms with Crippen LogP contribution < -0.4 is 10.1 Å². The van der Waals surface area contributed by atoms with Crippen molar-refractivity contribution in [1.29, 1.82) is 0 Å². The summed E-state index contributed by atoms with van der Waals surface area (Å²) < 4.78 is 24.9. The number of halogens is 1. The molecule has 1 heterocycles. The van der Waals surface area contributed by atoms with Crippen LogP contribution in [0.3, 0.4) is 0 Å². The van der Waals surface area contributed by atoms with Crippen molar-refractivity contribution >= 4 is 11.4 Å². The summed E-state index contributed by atoms with van der Waals surface area (Å²) in [6, 6.07) is 2.47. The molecule has 1 saturated heterocycles. The zero-order valence-corrected chi connectivity index (χ0v) is 14.6. The highest BCUT2D eigenvalue weighted by atomic mass is 19.1. The molecule has 1 fully saturated rings. The summed E-state index contributed by atoms with van der Waals surface area (Å²) in [5.74, 6) is -0.463. The Bertz CT molecular complexity index is 601. The Kier molecular flexibility index (Phi) is 5.64. The molecule has 0 spiro atoms. The second-order valence-electron chi connectivity index (χ2n) is 7.20. The number of benzene rings is 1. The second kappa shape index (κ2) is 7.34. The van der Waals surface area contributed by atoms with E-state index in [1.807, 2.05) is 0 Å². The highest BCUT2D eigenvalue weighted by Crippen LogP contribution is 2.36. The Hall–Kier alpha value is -1.89. The number of hydrogen-bond acceptors (Lipinski definition) is 5.